The van der Waals surface area contributed by atoms with Gasteiger partial charge in [-0.15, -0.1) is 0 Å². The van der Waals surface area contributed by atoms with Crippen molar-refractivity contribution in [2.24, 2.45) is 0 Å². The highest BCUT2D eigenvalue weighted by Crippen LogP contribution is 2.26. The predicted octanol–water partition coefficient (Wildman–Crippen LogP) is 2.92. The molecule has 100 valence electrons. The van der Waals surface area contributed by atoms with Crippen LogP contribution in [0.5, 0.6) is 6.01 Å². The summed E-state index contributed by atoms with van der Waals surface area (Å²) in [6.07, 6.45) is 0. The van der Waals surface area contributed by atoms with Gasteiger partial charge in [-0.2, -0.15) is 0 Å². The highest BCUT2D eigenvalue weighted by molar-refractivity contribution is 6.42. The number of aromatic nitrogens is 2. The zero-order valence-electron chi connectivity index (χ0n) is 10.5. The molecule has 0 spiro atoms. The molecule has 1 aromatic carbocycles. The fraction of sp³-hybridized carbons (Fsp3) is 0.231. The molecule has 6 heteroatoms. The second-order valence-corrected chi connectivity index (χ2v) is 4.81. The first-order chi connectivity index (χ1) is 9.02. The SMILES string of the molecule is COc1nc(C)cc(=O)n1Cc1cccc(Cl)c1Cl. The van der Waals surface area contributed by atoms with E-state index in [4.69, 9.17) is 27.9 Å². The van der Waals surface area contributed by atoms with Crippen molar-refractivity contribution in [1.82, 2.24) is 9.55 Å². The van der Waals surface area contributed by atoms with E-state index in [1.54, 1.807) is 25.1 Å². The minimum atomic E-state index is -0.194. The van der Waals surface area contributed by atoms with Gasteiger partial charge in [-0.3, -0.25) is 9.36 Å². The number of hydrogen-bond acceptors (Lipinski definition) is 3. The normalized spacial score (nSPS) is 10.5. The molecule has 0 N–H and O–H groups in total. The summed E-state index contributed by atoms with van der Waals surface area (Å²) >= 11 is 12.1. The molecule has 0 saturated heterocycles. The van der Waals surface area contributed by atoms with Crippen molar-refractivity contribution in [3.63, 3.8) is 0 Å². The van der Waals surface area contributed by atoms with Crippen molar-refractivity contribution in [3.8, 4) is 6.01 Å². The summed E-state index contributed by atoms with van der Waals surface area (Å²) in [4.78, 5) is 16.2. The molecule has 2 rings (SSSR count). The average Bonchev–Trinajstić information content (AvgIpc) is 2.37. The maximum Gasteiger partial charge on any atom is 0.299 e. The monoisotopic (exact) mass is 298 g/mol. The summed E-state index contributed by atoms with van der Waals surface area (Å²) in [6.45, 7) is 2.00. The molecular formula is C13H12Cl2N2O2. The van der Waals surface area contributed by atoms with Crippen LogP contribution in [-0.2, 0) is 6.54 Å². The summed E-state index contributed by atoms with van der Waals surface area (Å²) < 4.78 is 6.53. The summed E-state index contributed by atoms with van der Waals surface area (Å²) in [5.41, 5.74) is 1.15. The number of aryl methyl sites for hydroxylation is 1. The van der Waals surface area contributed by atoms with E-state index < -0.39 is 0 Å². The number of halogens is 2. The van der Waals surface area contributed by atoms with Crippen LogP contribution in [0.3, 0.4) is 0 Å². The summed E-state index contributed by atoms with van der Waals surface area (Å²) in [7, 11) is 1.47. The fourth-order valence-electron chi connectivity index (χ4n) is 1.74. The second-order valence-electron chi connectivity index (χ2n) is 4.02. The minimum Gasteiger partial charge on any atom is -0.468 e. The van der Waals surface area contributed by atoms with Gasteiger partial charge in [-0.05, 0) is 18.6 Å². The second kappa shape index (κ2) is 5.63. The standard InChI is InChI=1S/C13H12Cl2N2O2/c1-8-6-11(18)17(13(16-8)19-2)7-9-4-3-5-10(14)12(9)15/h3-6H,7H2,1-2H3. The van der Waals surface area contributed by atoms with Crippen LogP contribution in [0.2, 0.25) is 10.0 Å². The number of rotatable bonds is 3. The van der Waals surface area contributed by atoms with E-state index in [9.17, 15) is 4.79 Å². The lowest BCUT2D eigenvalue weighted by Crippen LogP contribution is -2.23. The lowest BCUT2D eigenvalue weighted by Gasteiger charge is -2.12. The minimum absolute atomic E-state index is 0.194. The van der Waals surface area contributed by atoms with Gasteiger partial charge in [0.15, 0.2) is 0 Å². The van der Waals surface area contributed by atoms with Gasteiger partial charge in [0.2, 0.25) is 0 Å². The molecule has 0 aliphatic rings. The van der Waals surface area contributed by atoms with Gasteiger partial charge in [-0.1, -0.05) is 35.3 Å². The quantitative estimate of drug-likeness (QED) is 0.875. The van der Waals surface area contributed by atoms with Gasteiger partial charge >= 0.3 is 0 Å². The molecule has 2 aromatic rings. The van der Waals surface area contributed by atoms with Crippen LogP contribution in [0.15, 0.2) is 29.1 Å². The van der Waals surface area contributed by atoms with Crippen LogP contribution in [0.25, 0.3) is 0 Å². The van der Waals surface area contributed by atoms with Gasteiger partial charge in [-0.25, -0.2) is 4.98 Å². The van der Waals surface area contributed by atoms with E-state index in [0.29, 0.717) is 15.7 Å². The van der Waals surface area contributed by atoms with Gasteiger partial charge in [0.05, 0.1) is 23.7 Å². The third-order valence-corrected chi connectivity index (χ3v) is 3.50. The summed E-state index contributed by atoms with van der Waals surface area (Å²) in [5, 5.41) is 0.880. The Bertz CT molecular complexity index is 668. The van der Waals surface area contributed by atoms with E-state index in [-0.39, 0.29) is 18.1 Å². The molecule has 0 unspecified atom stereocenters. The van der Waals surface area contributed by atoms with Crippen LogP contribution in [-0.4, -0.2) is 16.7 Å². The Labute approximate surface area is 120 Å². The highest BCUT2D eigenvalue weighted by Gasteiger charge is 2.11. The number of hydrogen-bond donors (Lipinski definition) is 0. The molecule has 0 saturated carbocycles. The van der Waals surface area contributed by atoms with E-state index in [0.717, 1.165) is 5.56 Å². The zero-order valence-corrected chi connectivity index (χ0v) is 12.0. The number of benzene rings is 1. The van der Waals surface area contributed by atoms with Crippen molar-refractivity contribution >= 4 is 23.2 Å². The number of methoxy groups -OCH3 is 1. The Kier molecular flexibility index (Phi) is 4.12. The Hall–Kier alpha value is -1.52. The van der Waals surface area contributed by atoms with E-state index in [1.165, 1.54) is 17.7 Å². The van der Waals surface area contributed by atoms with E-state index in [2.05, 4.69) is 4.98 Å². The molecule has 1 heterocycles. The van der Waals surface area contributed by atoms with Crippen molar-refractivity contribution < 1.29 is 4.74 Å². The van der Waals surface area contributed by atoms with Gasteiger partial charge in [0.25, 0.3) is 11.6 Å². The highest BCUT2D eigenvalue weighted by atomic mass is 35.5. The van der Waals surface area contributed by atoms with Crippen LogP contribution in [0, 0.1) is 6.92 Å². The molecular weight excluding hydrogens is 287 g/mol. The first kappa shape index (κ1) is 13.9. The maximum atomic E-state index is 12.0. The topological polar surface area (TPSA) is 44.1 Å². The van der Waals surface area contributed by atoms with Gasteiger partial charge < -0.3 is 4.74 Å². The van der Waals surface area contributed by atoms with Crippen LogP contribution < -0.4 is 10.3 Å². The Morgan fingerprint density at radius 3 is 2.79 bits per heavy atom. The molecule has 19 heavy (non-hydrogen) atoms. The smallest absolute Gasteiger partial charge is 0.299 e. The van der Waals surface area contributed by atoms with E-state index >= 15 is 0 Å². The molecule has 0 aliphatic carbocycles. The zero-order chi connectivity index (χ0) is 14.0. The summed E-state index contributed by atoms with van der Waals surface area (Å²) in [5.74, 6) is 0. The van der Waals surface area contributed by atoms with Crippen molar-refractivity contribution in [2.75, 3.05) is 7.11 Å². The number of nitrogens with zero attached hydrogens (tertiary/aromatic N) is 2. The largest absolute Gasteiger partial charge is 0.468 e. The van der Waals surface area contributed by atoms with Gasteiger partial charge in [0, 0.05) is 11.8 Å². The van der Waals surface area contributed by atoms with Crippen molar-refractivity contribution in [1.29, 1.82) is 0 Å². The van der Waals surface area contributed by atoms with Crippen LogP contribution in [0.4, 0.5) is 0 Å². The molecule has 1 aromatic heterocycles. The average molecular weight is 299 g/mol. The number of ether oxygens (including phenoxy) is 1. The van der Waals surface area contributed by atoms with Crippen LogP contribution in [0.1, 0.15) is 11.3 Å². The maximum absolute atomic E-state index is 12.0. The van der Waals surface area contributed by atoms with Crippen LogP contribution >= 0.6 is 23.2 Å². The van der Waals surface area contributed by atoms with Gasteiger partial charge in [0.1, 0.15) is 0 Å². The molecule has 4 nitrogen and oxygen atoms in total. The Morgan fingerprint density at radius 2 is 2.11 bits per heavy atom. The van der Waals surface area contributed by atoms with E-state index in [1.807, 2.05) is 0 Å². The molecule has 0 aliphatic heterocycles. The molecule has 0 atom stereocenters. The molecule has 0 radical (unpaired) electrons. The Morgan fingerprint density at radius 1 is 1.37 bits per heavy atom. The molecule has 0 fully saturated rings. The first-order valence-electron chi connectivity index (χ1n) is 5.58. The third kappa shape index (κ3) is 2.91. The summed E-state index contributed by atoms with van der Waals surface area (Å²) in [6, 6.07) is 6.98. The fourth-order valence-corrected chi connectivity index (χ4v) is 2.12. The van der Waals surface area contributed by atoms with Crippen molar-refractivity contribution in [3.05, 3.63) is 55.9 Å². The molecule has 0 bridgehead atoms. The lowest BCUT2D eigenvalue weighted by molar-refractivity contribution is 0.350. The first-order valence-corrected chi connectivity index (χ1v) is 6.34. The molecule has 0 amide bonds. The Balaban J connectivity index is 2.49. The lowest BCUT2D eigenvalue weighted by atomic mass is 10.2. The predicted molar refractivity (Wildman–Crippen MR) is 75.4 cm³/mol. The third-order valence-electron chi connectivity index (χ3n) is 2.64. The van der Waals surface area contributed by atoms with Crippen molar-refractivity contribution in [2.45, 2.75) is 13.5 Å².